The van der Waals surface area contributed by atoms with Gasteiger partial charge in [0.1, 0.15) is 5.76 Å². The van der Waals surface area contributed by atoms with Crippen LogP contribution in [0.15, 0.2) is 340 Å². The monoisotopic (exact) mass is 2510 g/mol. The van der Waals surface area contributed by atoms with Crippen molar-refractivity contribution in [3.8, 4) is 89.8 Å². The number of allylic oxidation sites excluding steroid dienone is 4. The first-order valence-corrected chi connectivity index (χ1v) is 45.5. The molecule has 0 bridgehead atoms. The van der Waals surface area contributed by atoms with Gasteiger partial charge in [0.25, 0.3) is 0 Å². The van der Waals surface area contributed by atoms with Gasteiger partial charge >= 0.3 is 0 Å². The predicted molar refractivity (Wildman–Crippen MR) is 552 cm³/mol. The van der Waals surface area contributed by atoms with E-state index in [0.717, 1.165) is 108 Å². The molecule has 2 N–H and O–H groups in total. The number of aromatic nitrogens is 6. The van der Waals surface area contributed by atoms with E-state index >= 15 is 0 Å². The summed E-state index contributed by atoms with van der Waals surface area (Å²) >= 11 is 0. The molecule has 16 rings (SSSR count). The number of ketones is 2. The largest absolute Gasteiger partial charge is 0.512 e. The smallest absolute Gasteiger partial charge is 0.164 e. The molecule has 0 aliphatic heterocycles. The normalized spacial score (nSPS) is 10.9. The predicted octanol–water partition coefficient (Wildman–Crippen LogP) is 31.3. The van der Waals surface area contributed by atoms with Gasteiger partial charge in [0, 0.05) is 152 Å². The number of aliphatic hydroxyl groups is 2. The van der Waals surface area contributed by atoms with E-state index in [1.165, 1.54) is 73.0 Å². The van der Waals surface area contributed by atoms with Gasteiger partial charge in [-0.25, -0.2) is 0 Å². The Morgan fingerprint density at radius 1 is 0.331 bits per heavy atom. The van der Waals surface area contributed by atoms with Crippen molar-refractivity contribution in [2.75, 3.05) is 0 Å². The summed E-state index contributed by atoms with van der Waals surface area (Å²) in [5.74, 6) is 2.36. The van der Waals surface area contributed by atoms with Crippen molar-refractivity contribution >= 4 is 33.4 Å². The van der Waals surface area contributed by atoms with E-state index < -0.39 is 5.41 Å². The molecule has 0 saturated heterocycles. The third-order valence-electron chi connectivity index (χ3n) is 20.6. The number of hydrogen-bond donors (Lipinski definition) is 2. The number of pyridine rings is 6. The van der Waals surface area contributed by atoms with Crippen molar-refractivity contribution in [1.29, 1.82) is 0 Å². The van der Waals surface area contributed by atoms with Crippen LogP contribution in [0.5, 0.6) is 0 Å². The molecule has 0 spiro atoms. The van der Waals surface area contributed by atoms with Crippen LogP contribution in [-0.2, 0) is 103 Å². The molecule has 136 heavy (non-hydrogen) atoms. The zero-order valence-corrected chi connectivity index (χ0v) is 91.6. The Kier molecular flexibility index (Phi) is 49.3. The number of aryl methyl sites for hydroxylation is 6. The van der Waals surface area contributed by atoms with Crippen molar-refractivity contribution in [3.05, 3.63) is 421 Å². The van der Waals surface area contributed by atoms with Crippen molar-refractivity contribution in [1.82, 2.24) is 29.9 Å². The van der Waals surface area contributed by atoms with Gasteiger partial charge in [-0.3, -0.25) is 19.6 Å². The molecule has 10 nitrogen and oxygen atoms in total. The van der Waals surface area contributed by atoms with E-state index in [0.29, 0.717) is 36.5 Å². The number of hydrogen-bond acceptors (Lipinski definition) is 10. The van der Waals surface area contributed by atoms with Gasteiger partial charge in [0.15, 0.2) is 11.6 Å². The number of carbonyl (C=O) groups is 2. The SMILES string of the molecule is CC(C)(C)C(=O)C=C(O)C(C)(C)C.CC(C)CC(=O)C=C(O)CC(C)C.Cc1[c-]c(-c2cc(CC(C)C)c3ccccc3n2)cc(C)c1.Cc1[c-]c(-c2ccc3c(CC(C)C)cccc3n2)cc(C)c1.Cc1ccc(-c2[c-]cccc2)nc1.Cc1ccc(-c2ccnc(-c3[c-]cccc3)c2)cc1.[Ir].[Ir].[Ir].[Ir].[c-]1ccccc1-c1ccc(-c2ccccc2)cn1.[c-]1ccccc1-c1ccccn1. The minimum atomic E-state index is -0.417. The van der Waals surface area contributed by atoms with Gasteiger partial charge in [0.2, 0.25) is 0 Å². The standard InChI is InChI=1S/2C21H22N.C18H14N.C17H12N.C12H10N.C11H8N.2C11H20O2.4Ir/c1-14(2)10-17-6-5-7-21-19(17)8-9-20(22-21)18-12-15(3)11-16(4)13-18;1-14(2)9-17-13-21(18-11-15(3)10-16(4)12-18)22-20-8-6-5-7-19(17)20;1-14-7-9-15(10-8-14)17-11-12-19-18(13-17)16-5-3-2-4-6-16;1-3-7-14(8-4-1)16-11-12-17(18-13-16)15-9-5-2-6-10-15;1-10-7-8-12(13-9-10)11-5-3-2-4-6-11;1-2-6-10(7-3-1)11-8-4-5-9-12-11;1-10(2,3)8(12)7-9(13)11(4,5)6;1-8(2)5-10(12)7-11(13)6-9(3)4;;;;/h5-9,11-12,14H,10H2,1-4H3;5-8,10-11,13-14H,9H2,1-4H3;2-5,7-13H,1H3;1-9,11-13H;2-5,7-9H,1H3;1-6,8-9H;7,12H,1-6H3;7-9,12H,5-6H2,1-4H3;;;;/q6*-1;;;;;;. The second-order valence-electron chi connectivity index (χ2n) is 36.9. The van der Waals surface area contributed by atoms with Crippen LogP contribution < -0.4 is 0 Å². The van der Waals surface area contributed by atoms with Crippen LogP contribution in [0.3, 0.4) is 0 Å². The van der Waals surface area contributed by atoms with E-state index in [9.17, 15) is 19.8 Å². The summed E-state index contributed by atoms with van der Waals surface area (Å²) in [5.41, 5.74) is 28.3. The first kappa shape index (κ1) is 115. The quantitative estimate of drug-likeness (QED) is 0.0482. The molecule has 10 aromatic carbocycles. The summed E-state index contributed by atoms with van der Waals surface area (Å²) in [6.07, 6.45) is 13.4. The number of aliphatic hydroxyl groups excluding tert-OH is 2. The fraction of sp³-hybridized carbons (Fsp3) is 0.246. The Balaban J connectivity index is 0.000000276. The molecule has 6 heterocycles. The van der Waals surface area contributed by atoms with Crippen molar-refractivity contribution in [2.45, 2.75) is 164 Å². The van der Waals surface area contributed by atoms with Gasteiger partial charge < -0.3 is 30.1 Å². The summed E-state index contributed by atoms with van der Waals surface area (Å²) in [4.78, 5) is 49.9. The van der Waals surface area contributed by atoms with Crippen LogP contribution >= 0.6 is 0 Å². The maximum Gasteiger partial charge on any atom is 0.164 e. The Morgan fingerprint density at radius 2 is 0.772 bits per heavy atom. The summed E-state index contributed by atoms with van der Waals surface area (Å²) < 4.78 is 0. The first-order chi connectivity index (χ1) is 63.1. The molecule has 6 aromatic heterocycles. The number of carbonyl (C=O) groups excluding carboxylic acids is 2. The van der Waals surface area contributed by atoms with Gasteiger partial charge in [0.05, 0.1) is 16.8 Å². The maximum absolute atomic E-state index is 11.5. The number of nitrogens with zero attached hydrogens (tertiary/aromatic N) is 6. The molecule has 0 aliphatic carbocycles. The van der Waals surface area contributed by atoms with Crippen LogP contribution in [0.1, 0.15) is 154 Å². The molecule has 0 fully saturated rings. The maximum atomic E-state index is 11.5. The number of benzene rings is 10. The van der Waals surface area contributed by atoms with Gasteiger partial charge in [-0.15, -0.1) is 213 Å². The van der Waals surface area contributed by atoms with Gasteiger partial charge in [-0.05, 0) is 148 Å². The number of fused-ring (bicyclic) bond motifs is 2. The molecule has 0 saturated carbocycles. The van der Waals surface area contributed by atoms with Crippen LogP contribution in [0.25, 0.3) is 112 Å². The molecule has 0 amide bonds. The van der Waals surface area contributed by atoms with E-state index in [1.807, 2.05) is 246 Å². The Morgan fingerprint density at radius 3 is 1.25 bits per heavy atom. The topological polar surface area (TPSA) is 152 Å². The molecule has 0 aliphatic rings. The summed E-state index contributed by atoms with van der Waals surface area (Å²) in [5, 5.41) is 21.4. The van der Waals surface area contributed by atoms with E-state index in [4.69, 9.17) is 9.97 Å². The fourth-order valence-electron chi connectivity index (χ4n) is 13.9. The Hall–Kier alpha value is -11.4. The molecular weight excluding hydrogens is 2380 g/mol. The van der Waals surface area contributed by atoms with Crippen molar-refractivity contribution < 1.29 is 100 Å². The van der Waals surface area contributed by atoms with Crippen molar-refractivity contribution in [2.24, 2.45) is 34.5 Å². The average molecular weight is 2510 g/mol. The molecular formula is C122H128Ir4N6O4-6. The summed E-state index contributed by atoms with van der Waals surface area (Å²) in [6, 6.07) is 118. The molecule has 16 aromatic rings. The fourth-order valence-corrected chi connectivity index (χ4v) is 13.9. The molecule has 0 atom stereocenters. The number of rotatable bonds is 18. The Labute approximate surface area is 864 Å². The zero-order chi connectivity index (χ0) is 95.3. The molecule has 14 heteroatoms. The summed E-state index contributed by atoms with van der Waals surface area (Å²) in [7, 11) is 0. The van der Waals surface area contributed by atoms with E-state index in [1.54, 1.807) is 6.20 Å². The Bertz CT molecular complexity index is 6170. The average Bonchev–Trinajstić information content (AvgIpc) is 0.805. The van der Waals surface area contributed by atoms with Crippen LogP contribution in [0.2, 0.25) is 0 Å². The second kappa shape index (κ2) is 58.3. The van der Waals surface area contributed by atoms with Crippen LogP contribution in [0, 0.1) is 112 Å². The van der Waals surface area contributed by atoms with Crippen molar-refractivity contribution in [3.63, 3.8) is 0 Å². The van der Waals surface area contributed by atoms with Gasteiger partial charge in [-0.1, -0.05) is 276 Å². The molecule has 712 valence electrons. The first-order valence-electron chi connectivity index (χ1n) is 45.5. The third kappa shape index (κ3) is 39.4. The molecule has 0 unspecified atom stereocenters. The minimum absolute atomic E-state index is 0. The van der Waals surface area contributed by atoms with E-state index in [2.05, 4.69) is 258 Å². The molecule has 4 radical (unpaired) electrons. The third-order valence-corrected chi connectivity index (χ3v) is 20.6. The number of para-hydroxylation sites is 1. The van der Waals surface area contributed by atoms with Gasteiger partial charge in [-0.2, -0.15) is 0 Å². The minimum Gasteiger partial charge on any atom is -0.512 e. The van der Waals surface area contributed by atoms with E-state index in [-0.39, 0.29) is 109 Å². The van der Waals surface area contributed by atoms with Crippen LogP contribution in [0.4, 0.5) is 0 Å². The van der Waals surface area contributed by atoms with Crippen LogP contribution in [-0.4, -0.2) is 51.7 Å². The second-order valence-corrected chi connectivity index (χ2v) is 36.9. The zero-order valence-electron chi connectivity index (χ0n) is 82.0. The summed E-state index contributed by atoms with van der Waals surface area (Å²) in [6.45, 7) is 40.7.